The second-order valence-corrected chi connectivity index (χ2v) is 3.62. The summed E-state index contributed by atoms with van der Waals surface area (Å²) in [7, 11) is 0. The molecular formula is C12H13FO3. The number of benzene rings is 1. The van der Waals surface area contributed by atoms with Gasteiger partial charge in [-0.1, -0.05) is 6.07 Å². The van der Waals surface area contributed by atoms with Crippen LogP contribution in [0.25, 0.3) is 0 Å². The van der Waals surface area contributed by atoms with Crippen molar-refractivity contribution in [3.05, 3.63) is 23.5 Å². The van der Waals surface area contributed by atoms with Crippen LogP contribution >= 0.6 is 0 Å². The minimum atomic E-state index is -0.402. The van der Waals surface area contributed by atoms with Crippen molar-refractivity contribution in [2.45, 2.75) is 19.3 Å². The Balaban J connectivity index is 2.29. The van der Waals surface area contributed by atoms with E-state index in [1.165, 1.54) is 0 Å². The third-order valence-electron chi connectivity index (χ3n) is 2.47. The van der Waals surface area contributed by atoms with Crippen molar-refractivity contribution in [1.82, 2.24) is 0 Å². The molecule has 0 N–H and O–H groups in total. The van der Waals surface area contributed by atoms with Gasteiger partial charge in [0, 0.05) is 12.8 Å². The highest BCUT2D eigenvalue weighted by Crippen LogP contribution is 2.34. The lowest BCUT2D eigenvalue weighted by Gasteiger charge is -2.10. The number of fused-ring (bicyclic) bond motifs is 1. The second kappa shape index (κ2) is 4.96. The van der Waals surface area contributed by atoms with Crippen LogP contribution in [-0.4, -0.2) is 19.5 Å². The summed E-state index contributed by atoms with van der Waals surface area (Å²) in [6, 6.07) is 3.34. The number of rotatable bonds is 3. The third kappa shape index (κ3) is 2.15. The molecular weight excluding hydrogens is 211 g/mol. The van der Waals surface area contributed by atoms with E-state index in [0.29, 0.717) is 37.4 Å². The molecule has 3 nitrogen and oxygen atoms in total. The van der Waals surface area contributed by atoms with E-state index >= 15 is 0 Å². The Hall–Kier alpha value is -1.58. The summed E-state index contributed by atoms with van der Waals surface area (Å²) in [6.07, 6.45) is 2.24. The summed E-state index contributed by atoms with van der Waals surface area (Å²) in [5.41, 5.74) is 0.497. The van der Waals surface area contributed by atoms with Gasteiger partial charge in [0.15, 0.2) is 17.3 Å². The van der Waals surface area contributed by atoms with E-state index < -0.39 is 5.82 Å². The van der Waals surface area contributed by atoms with E-state index in [4.69, 9.17) is 9.47 Å². The Morgan fingerprint density at radius 1 is 1.31 bits per heavy atom. The first-order valence-corrected chi connectivity index (χ1v) is 5.33. The van der Waals surface area contributed by atoms with Gasteiger partial charge in [-0.2, -0.15) is 0 Å². The number of carbonyl (C=O) groups excluding carboxylic acids is 1. The van der Waals surface area contributed by atoms with Crippen LogP contribution in [0, 0.1) is 5.82 Å². The predicted molar refractivity (Wildman–Crippen MR) is 56.4 cm³/mol. The normalized spacial score (nSPS) is 14.3. The fourth-order valence-corrected chi connectivity index (χ4v) is 1.65. The number of hydrogen-bond donors (Lipinski definition) is 0. The Bertz CT molecular complexity index is 390. The molecule has 1 aliphatic rings. The van der Waals surface area contributed by atoms with Crippen molar-refractivity contribution in [2.75, 3.05) is 13.2 Å². The zero-order valence-corrected chi connectivity index (χ0v) is 8.87. The number of carbonyl (C=O) groups is 1. The van der Waals surface area contributed by atoms with Crippen LogP contribution in [0.1, 0.15) is 18.4 Å². The maximum Gasteiger partial charge on any atom is 0.197 e. The molecule has 86 valence electrons. The minimum absolute atomic E-state index is 0.181. The minimum Gasteiger partial charge on any atom is -0.489 e. The van der Waals surface area contributed by atoms with Crippen molar-refractivity contribution < 1.29 is 18.7 Å². The molecule has 2 rings (SSSR count). The van der Waals surface area contributed by atoms with E-state index in [-0.39, 0.29) is 5.75 Å². The summed E-state index contributed by atoms with van der Waals surface area (Å²) in [6.45, 7) is 1.00. The van der Waals surface area contributed by atoms with Gasteiger partial charge in [0.25, 0.3) is 0 Å². The molecule has 1 heterocycles. The van der Waals surface area contributed by atoms with Crippen molar-refractivity contribution in [3.63, 3.8) is 0 Å². The van der Waals surface area contributed by atoms with Gasteiger partial charge in [0.2, 0.25) is 0 Å². The summed E-state index contributed by atoms with van der Waals surface area (Å²) >= 11 is 0. The number of aldehydes is 1. The van der Waals surface area contributed by atoms with Crippen molar-refractivity contribution >= 4 is 6.29 Å². The summed E-state index contributed by atoms with van der Waals surface area (Å²) in [5.74, 6) is 0.229. The SMILES string of the molecule is O=CCCc1ccc2c(c1F)OCCCO2. The first-order chi connectivity index (χ1) is 7.83. The first-order valence-electron chi connectivity index (χ1n) is 5.33. The number of ether oxygens (including phenoxy) is 2. The van der Waals surface area contributed by atoms with Crippen LogP contribution in [0.4, 0.5) is 4.39 Å². The van der Waals surface area contributed by atoms with Crippen LogP contribution in [-0.2, 0) is 11.2 Å². The van der Waals surface area contributed by atoms with E-state index in [9.17, 15) is 9.18 Å². The van der Waals surface area contributed by atoms with Gasteiger partial charge in [-0.15, -0.1) is 0 Å². The highest BCUT2D eigenvalue weighted by Gasteiger charge is 2.17. The van der Waals surface area contributed by atoms with E-state index in [1.807, 2.05) is 0 Å². The van der Waals surface area contributed by atoms with Gasteiger partial charge in [-0.05, 0) is 18.1 Å². The molecule has 0 spiro atoms. The molecule has 0 aliphatic carbocycles. The molecule has 0 saturated heterocycles. The van der Waals surface area contributed by atoms with Gasteiger partial charge < -0.3 is 14.3 Å². The Morgan fingerprint density at radius 2 is 2.12 bits per heavy atom. The maximum absolute atomic E-state index is 13.9. The fourth-order valence-electron chi connectivity index (χ4n) is 1.65. The van der Waals surface area contributed by atoms with E-state index in [0.717, 1.165) is 12.7 Å². The number of halogens is 1. The largest absolute Gasteiger partial charge is 0.489 e. The molecule has 16 heavy (non-hydrogen) atoms. The molecule has 4 heteroatoms. The molecule has 0 saturated carbocycles. The van der Waals surface area contributed by atoms with Gasteiger partial charge in [0.1, 0.15) is 6.29 Å². The fraction of sp³-hybridized carbons (Fsp3) is 0.417. The summed E-state index contributed by atoms with van der Waals surface area (Å²) in [5, 5.41) is 0. The molecule has 0 amide bonds. The van der Waals surface area contributed by atoms with Crippen LogP contribution in [0.5, 0.6) is 11.5 Å². The van der Waals surface area contributed by atoms with Crippen molar-refractivity contribution in [2.24, 2.45) is 0 Å². The Labute approximate surface area is 93.2 Å². The van der Waals surface area contributed by atoms with Gasteiger partial charge in [-0.3, -0.25) is 0 Å². The lowest BCUT2D eigenvalue weighted by molar-refractivity contribution is -0.107. The highest BCUT2D eigenvalue weighted by molar-refractivity contribution is 5.51. The lowest BCUT2D eigenvalue weighted by Crippen LogP contribution is -1.99. The maximum atomic E-state index is 13.9. The molecule has 0 fully saturated rings. The average Bonchev–Trinajstić information content (AvgIpc) is 2.54. The molecule has 0 radical (unpaired) electrons. The Kier molecular flexibility index (Phi) is 3.39. The van der Waals surface area contributed by atoms with Gasteiger partial charge in [-0.25, -0.2) is 4.39 Å². The van der Waals surface area contributed by atoms with E-state index in [1.54, 1.807) is 12.1 Å². The molecule has 0 aromatic heterocycles. The number of aryl methyl sites for hydroxylation is 1. The summed E-state index contributed by atoms with van der Waals surface area (Å²) in [4.78, 5) is 10.3. The van der Waals surface area contributed by atoms with Crippen LogP contribution in [0.3, 0.4) is 0 Å². The van der Waals surface area contributed by atoms with Crippen LogP contribution in [0.2, 0.25) is 0 Å². The third-order valence-corrected chi connectivity index (χ3v) is 2.47. The van der Waals surface area contributed by atoms with Crippen LogP contribution in [0.15, 0.2) is 12.1 Å². The average molecular weight is 224 g/mol. The molecule has 1 aromatic carbocycles. The standard InChI is InChI=1S/C12H13FO3/c13-11-9(3-1-6-14)4-5-10-12(11)16-8-2-7-15-10/h4-6H,1-3,7-8H2. The predicted octanol–water partition coefficient (Wildman–Crippen LogP) is 2.12. The topological polar surface area (TPSA) is 35.5 Å². The lowest BCUT2D eigenvalue weighted by atomic mass is 10.1. The first kappa shape index (κ1) is 10.9. The molecule has 0 unspecified atom stereocenters. The van der Waals surface area contributed by atoms with E-state index in [2.05, 4.69) is 0 Å². The Morgan fingerprint density at radius 3 is 2.94 bits per heavy atom. The monoisotopic (exact) mass is 224 g/mol. The second-order valence-electron chi connectivity index (χ2n) is 3.62. The van der Waals surface area contributed by atoms with Gasteiger partial charge >= 0.3 is 0 Å². The zero-order chi connectivity index (χ0) is 11.4. The smallest absolute Gasteiger partial charge is 0.197 e. The molecule has 1 aromatic rings. The molecule has 0 atom stereocenters. The number of hydrogen-bond acceptors (Lipinski definition) is 3. The summed E-state index contributed by atoms with van der Waals surface area (Å²) < 4.78 is 24.6. The highest BCUT2D eigenvalue weighted by atomic mass is 19.1. The quantitative estimate of drug-likeness (QED) is 0.738. The van der Waals surface area contributed by atoms with Crippen molar-refractivity contribution in [3.8, 4) is 11.5 Å². The van der Waals surface area contributed by atoms with Gasteiger partial charge in [0.05, 0.1) is 13.2 Å². The molecule has 1 aliphatic heterocycles. The zero-order valence-electron chi connectivity index (χ0n) is 8.87. The molecule has 0 bridgehead atoms. The van der Waals surface area contributed by atoms with Crippen LogP contribution < -0.4 is 9.47 Å². The van der Waals surface area contributed by atoms with Crippen molar-refractivity contribution in [1.29, 1.82) is 0 Å².